The predicted molar refractivity (Wildman–Crippen MR) is 120 cm³/mol. The lowest BCUT2D eigenvalue weighted by atomic mass is 10.2. The van der Waals surface area contributed by atoms with Gasteiger partial charge in [-0.2, -0.15) is 0 Å². The first-order valence-electron chi connectivity index (χ1n) is 10.4. The van der Waals surface area contributed by atoms with Gasteiger partial charge in [-0.05, 0) is 63.6 Å². The Bertz CT molecular complexity index is 1070. The molecule has 0 amide bonds. The normalized spacial score (nSPS) is 14.1. The zero-order chi connectivity index (χ0) is 21.3. The maximum Gasteiger partial charge on any atom is 0.259 e. The molecule has 0 saturated heterocycles. The van der Waals surface area contributed by atoms with E-state index in [1.807, 2.05) is 68.4 Å². The number of aryl methyl sites for hydroxylation is 1. The molecule has 156 valence electrons. The molecule has 0 fully saturated rings. The van der Waals surface area contributed by atoms with Crippen LogP contribution in [0.4, 0.5) is 11.6 Å². The van der Waals surface area contributed by atoms with Gasteiger partial charge in [0, 0.05) is 23.0 Å². The summed E-state index contributed by atoms with van der Waals surface area (Å²) in [4.78, 5) is 22.3. The largest absolute Gasteiger partial charge is 0.457 e. The molecule has 0 radical (unpaired) electrons. The zero-order valence-electron chi connectivity index (χ0n) is 18.0. The van der Waals surface area contributed by atoms with Crippen molar-refractivity contribution in [3.05, 3.63) is 76.2 Å². The van der Waals surface area contributed by atoms with Crippen molar-refractivity contribution < 1.29 is 4.74 Å². The lowest BCUT2D eigenvalue weighted by molar-refractivity contribution is 0.156. The first-order valence-corrected chi connectivity index (χ1v) is 10.4. The monoisotopic (exact) mass is 404 g/mol. The van der Waals surface area contributed by atoms with Crippen LogP contribution in [0.2, 0.25) is 0 Å². The highest BCUT2D eigenvalue weighted by molar-refractivity contribution is 5.59. The number of fused-ring (bicyclic) bond motifs is 1. The van der Waals surface area contributed by atoms with Gasteiger partial charge in [0.05, 0.1) is 13.3 Å². The van der Waals surface area contributed by atoms with Crippen LogP contribution >= 0.6 is 0 Å². The highest BCUT2D eigenvalue weighted by Gasteiger charge is 2.28. The summed E-state index contributed by atoms with van der Waals surface area (Å²) in [5.74, 6) is 2.27. The van der Waals surface area contributed by atoms with E-state index in [0.717, 1.165) is 28.4 Å². The van der Waals surface area contributed by atoms with Gasteiger partial charge < -0.3 is 4.74 Å². The van der Waals surface area contributed by atoms with Crippen LogP contribution in [0.3, 0.4) is 0 Å². The minimum absolute atomic E-state index is 0.0550. The summed E-state index contributed by atoms with van der Waals surface area (Å²) in [6.07, 6.45) is 0.686. The second-order valence-corrected chi connectivity index (χ2v) is 7.86. The molecule has 30 heavy (non-hydrogen) atoms. The minimum Gasteiger partial charge on any atom is -0.457 e. The van der Waals surface area contributed by atoms with Gasteiger partial charge in [0.2, 0.25) is 5.95 Å². The molecule has 0 unspecified atom stereocenters. The van der Waals surface area contributed by atoms with Crippen molar-refractivity contribution in [3.8, 4) is 11.5 Å². The molecule has 0 spiro atoms. The number of aromatic nitrogens is 2. The number of nitrogens with zero attached hydrogens (tertiary/aromatic N) is 4. The van der Waals surface area contributed by atoms with Gasteiger partial charge in [-0.3, -0.25) is 19.2 Å². The fourth-order valence-electron chi connectivity index (χ4n) is 3.74. The highest BCUT2D eigenvalue weighted by Crippen LogP contribution is 2.31. The van der Waals surface area contributed by atoms with Crippen LogP contribution in [0.25, 0.3) is 0 Å². The van der Waals surface area contributed by atoms with E-state index in [9.17, 15) is 4.79 Å². The van der Waals surface area contributed by atoms with Crippen LogP contribution in [0, 0.1) is 6.92 Å². The third kappa shape index (κ3) is 3.83. The molecule has 0 atom stereocenters. The van der Waals surface area contributed by atoms with Gasteiger partial charge in [0.25, 0.3) is 5.56 Å². The summed E-state index contributed by atoms with van der Waals surface area (Å²) < 4.78 is 7.71. The summed E-state index contributed by atoms with van der Waals surface area (Å²) in [6.45, 7) is 9.45. The van der Waals surface area contributed by atoms with E-state index in [4.69, 9.17) is 9.72 Å². The Morgan fingerprint density at radius 1 is 1.00 bits per heavy atom. The summed E-state index contributed by atoms with van der Waals surface area (Å²) in [5, 5.41) is 0. The van der Waals surface area contributed by atoms with E-state index in [1.165, 1.54) is 0 Å². The fraction of sp³-hybridized carbons (Fsp3) is 0.333. The van der Waals surface area contributed by atoms with Crippen molar-refractivity contribution in [3.63, 3.8) is 0 Å². The van der Waals surface area contributed by atoms with Crippen molar-refractivity contribution in [1.82, 2.24) is 14.5 Å². The third-order valence-corrected chi connectivity index (χ3v) is 5.55. The second kappa shape index (κ2) is 8.32. The topological polar surface area (TPSA) is 50.6 Å². The zero-order valence-corrected chi connectivity index (χ0v) is 18.0. The second-order valence-electron chi connectivity index (χ2n) is 7.86. The molecule has 2 aromatic carbocycles. The van der Waals surface area contributed by atoms with Crippen molar-refractivity contribution in [2.75, 3.05) is 11.6 Å². The summed E-state index contributed by atoms with van der Waals surface area (Å²) >= 11 is 0. The van der Waals surface area contributed by atoms with Gasteiger partial charge in [-0.1, -0.05) is 25.1 Å². The number of ether oxygens (including phenoxy) is 1. The van der Waals surface area contributed by atoms with Crippen molar-refractivity contribution >= 4 is 11.6 Å². The molecular formula is C24H28N4O2. The fourth-order valence-corrected chi connectivity index (χ4v) is 3.74. The Labute approximate surface area is 177 Å². The smallest absolute Gasteiger partial charge is 0.259 e. The number of rotatable bonds is 5. The molecule has 0 bridgehead atoms. The lowest BCUT2D eigenvalue weighted by Crippen LogP contribution is -2.50. The minimum atomic E-state index is 0.0550. The number of anilines is 2. The average Bonchev–Trinajstić information content (AvgIpc) is 2.75. The Hall–Kier alpha value is -3.12. The van der Waals surface area contributed by atoms with E-state index in [2.05, 4.69) is 23.6 Å². The van der Waals surface area contributed by atoms with Crippen LogP contribution in [0.15, 0.2) is 59.4 Å². The maximum absolute atomic E-state index is 13.1. The molecule has 4 rings (SSSR count). The number of benzene rings is 2. The van der Waals surface area contributed by atoms with Gasteiger partial charge in [-0.15, -0.1) is 0 Å². The van der Waals surface area contributed by atoms with E-state index >= 15 is 0 Å². The quantitative estimate of drug-likeness (QED) is 0.618. The van der Waals surface area contributed by atoms with Gasteiger partial charge in [-0.25, -0.2) is 4.98 Å². The third-order valence-electron chi connectivity index (χ3n) is 5.55. The van der Waals surface area contributed by atoms with Crippen LogP contribution in [0.5, 0.6) is 11.5 Å². The number of para-hydroxylation sites is 1. The molecular weight excluding hydrogens is 376 g/mol. The van der Waals surface area contributed by atoms with Crippen molar-refractivity contribution in [2.45, 2.75) is 46.8 Å². The van der Waals surface area contributed by atoms with Gasteiger partial charge >= 0.3 is 0 Å². The van der Waals surface area contributed by atoms with E-state index in [1.54, 1.807) is 4.57 Å². The van der Waals surface area contributed by atoms with Crippen LogP contribution in [0.1, 0.15) is 32.0 Å². The highest BCUT2D eigenvalue weighted by atomic mass is 16.5. The molecule has 1 aromatic heterocycles. The number of hydrogen-bond donors (Lipinski definition) is 0. The molecule has 3 aromatic rings. The van der Waals surface area contributed by atoms with Crippen LogP contribution in [-0.4, -0.2) is 27.2 Å². The maximum atomic E-state index is 13.1. The van der Waals surface area contributed by atoms with Crippen molar-refractivity contribution in [2.24, 2.45) is 0 Å². The molecule has 2 heterocycles. The van der Waals surface area contributed by atoms with Crippen molar-refractivity contribution in [1.29, 1.82) is 0 Å². The first kappa shape index (κ1) is 20.2. The molecule has 6 heteroatoms. The summed E-state index contributed by atoms with van der Waals surface area (Å²) in [6, 6.07) is 18.0. The van der Waals surface area contributed by atoms with E-state index in [0.29, 0.717) is 31.7 Å². The molecule has 0 aliphatic carbocycles. The summed E-state index contributed by atoms with van der Waals surface area (Å²) in [7, 11) is 0. The lowest BCUT2D eigenvalue weighted by Gasteiger charge is -2.40. The molecule has 6 nitrogen and oxygen atoms in total. The standard InChI is InChI=1S/C24H28N4O2/c1-5-22-18(4)25-24-27(15-26(17(2)3)16-28(24)23(22)29)19-11-13-21(14-12-19)30-20-9-7-6-8-10-20/h6-14,17H,5,15-16H2,1-4H3. The molecule has 1 aliphatic rings. The van der Waals surface area contributed by atoms with Crippen LogP contribution < -0.4 is 15.2 Å². The predicted octanol–water partition coefficient (Wildman–Crippen LogP) is 4.68. The Balaban J connectivity index is 1.70. The Kier molecular flexibility index (Phi) is 5.59. The Morgan fingerprint density at radius 2 is 1.67 bits per heavy atom. The van der Waals surface area contributed by atoms with E-state index < -0.39 is 0 Å². The van der Waals surface area contributed by atoms with Gasteiger partial charge in [0.15, 0.2) is 0 Å². The number of hydrogen-bond acceptors (Lipinski definition) is 5. The SMILES string of the molecule is CCc1c(C)nc2n(c1=O)CN(C(C)C)CN2c1ccc(Oc2ccccc2)cc1. The molecule has 1 aliphatic heterocycles. The first-order chi connectivity index (χ1) is 14.5. The Morgan fingerprint density at radius 3 is 2.30 bits per heavy atom. The summed E-state index contributed by atoms with van der Waals surface area (Å²) in [5.41, 5.74) is 2.63. The van der Waals surface area contributed by atoms with Crippen LogP contribution in [-0.2, 0) is 13.1 Å². The molecule has 0 N–H and O–H groups in total. The van der Waals surface area contributed by atoms with E-state index in [-0.39, 0.29) is 5.56 Å². The molecule has 0 saturated carbocycles. The average molecular weight is 405 g/mol. The van der Waals surface area contributed by atoms with Gasteiger partial charge in [0.1, 0.15) is 11.5 Å².